The van der Waals surface area contributed by atoms with Crippen LogP contribution in [0.2, 0.25) is 5.02 Å². The van der Waals surface area contributed by atoms with E-state index in [2.05, 4.69) is 0 Å². The van der Waals surface area contributed by atoms with E-state index in [0.29, 0.717) is 5.02 Å². The van der Waals surface area contributed by atoms with Crippen LogP contribution in [0, 0.1) is 0 Å². The molecule has 0 spiro atoms. The minimum Gasteiger partial charge on any atom is -0.493 e. The van der Waals surface area contributed by atoms with Crippen LogP contribution in [-0.4, -0.2) is 14.2 Å². The number of fused-ring (bicyclic) bond motifs is 2. The number of methoxy groups -OCH3 is 2. The van der Waals surface area contributed by atoms with Crippen molar-refractivity contribution in [1.82, 2.24) is 0 Å². The summed E-state index contributed by atoms with van der Waals surface area (Å²) in [7, 11) is 3.28. The van der Waals surface area contributed by atoms with Crippen LogP contribution in [0.4, 0.5) is 0 Å². The Balaban J connectivity index is 2.12. The van der Waals surface area contributed by atoms with E-state index in [1.165, 1.54) is 0 Å². The van der Waals surface area contributed by atoms with Gasteiger partial charge in [0.05, 0.1) is 19.6 Å². The van der Waals surface area contributed by atoms with Gasteiger partial charge in [-0.25, -0.2) is 0 Å². The molecule has 0 saturated heterocycles. The number of alkyl halides is 1. The van der Waals surface area contributed by atoms with Gasteiger partial charge in [0.15, 0.2) is 11.5 Å². The molecule has 1 aliphatic heterocycles. The molecular formula is C16H14Cl2O2S. The highest BCUT2D eigenvalue weighted by molar-refractivity contribution is 7.99. The average molecular weight is 341 g/mol. The molecule has 2 nitrogen and oxygen atoms in total. The van der Waals surface area contributed by atoms with Crippen molar-refractivity contribution in [2.75, 3.05) is 14.2 Å². The molecule has 21 heavy (non-hydrogen) atoms. The largest absolute Gasteiger partial charge is 0.493 e. The first kappa shape index (κ1) is 14.9. The molecule has 0 fully saturated rings. The van der Waals surface area contributed by atoms with Crippen molar-refractivity contribution in [1.29, 1.82) is 0 Å². The highest BCUT2D eigenvalue weighted by Gasteiger charge is 2.23. The topological polar surface area (TPSA) is 18.5 Å². The minimum atomic E-state index is -0.106. The summed E-state index contributed by atoms with van der Waals surface area (Å²) >= 11 is 14.4. The summed E-state index contributed by atoms with van der Waals surface area (Å²) < 4.78 is 10.8. The third-order valence-electron chi connectivity index (χ3n) is 3.50. The number of hydrogen-bond acceptors (Lipinski definition) is 3. The zero-order chi connectivity index (χ0) is 15.0. The molecule has 0 aromatic heterocycles. The van der Waals surface area contributed by atoms with Crippen LogP contribution >= 0.6 is 35.0 Å². The predicted octanol–water partition coefficient (Wildman–Crippen LogP) is 5.34. The SMILES string of the molecule is COc1cc2c(cc1OC)Sc1ccc(Cl)cc1C(Cl)C2. The number of halogens is 2. The maximum Gasteiger partial charge on any atom is 0.161 e. The Morgan fingerprint density at radius 3 is 2.48 bits per heavy atom. The molecule has 1 aliphatic rings. The first-order valence-corrected chi connectivity index (χ1v) is 8.11. The standard InChI is InChI=1S/C16H14Cl2O2S/c1-19-13-6-9-5-12(18)11-7-10(17)3-4-15(11)21-16(9)8-14(13)20-2/h3-4,6-8,12H,5H2,1-2H3. The molecule has 2 aromatic carbocycles. The summed E-state index contributed by atoms with van der Waals surface area (Å²) in [6.07, 6.45) is 0.734. The summed E-state index contributed by atoms with van der Waals surface area (Å²) in [5.74, 6) is 1.46. The van der Waals surface area contributed by atoms with Gasteiger partial charge in [0.1, 0.15) is 0 Å². The summed E-state index contributed by atoms with van der Waals surface area (Å²) in [4.78, 5) is 2.27. The average Bonchev–Trinajstić information content (AvgIpc) is 2.62. The molecule has 0 aliphatic carbocycles. The minimum absolute atomic E-state index is 0.106. The Labute approximate surface area is 138 Å². The Hall–Kier alpha value is -1.03. The van der Waals surface area contributed by atoms with Crippen LogP contribution in [0.25, 0.3) is 0 Å². The van der Waals surface area contributed by atoms with Gasteiger partial charge in [0.2, 0.25) is 0 Å². The number of hydrogen-bond donors (Lipinski definition) is 0. The number of rotatable bonds is 2. The molecule has 1 unspecified atom stereocenters. The Bertz CT molecular complexity index is 688. The van der Waals surface area contributed by atoms with Crippen LogP contribution in [0.1, 0.15) is 16.5 Å². The quantitative estimate of drug-likeness (QED) is 0.687. The van der Waals surface area contributed by atoms with E-state index in [4.69, 9.17) is 32.7 Å². The van der Waals surface area contributed by atoms with Crippen molar-refractivity contribution >= 4 is 35.0 Å². The second kappa shape index (κ2) is 5.99. The summed E-state index contributed by atoms with van der Waals surface area (Å²) in [5, 5.41) is 0.603. The Morgan fingerprint density at radius 2 is 1.76 bits per heavy atom. The lowest BCUT2D eigenvalue weighted by atomic mass is 10.0. The molecule has 0 saturated carbocycles. The van der Waals surface area contributed by atoms with Gasteiger partial charge in [-0.1, -0.05) is 23.4 Å². The molecule has 0 N–H and O–H groups in total. The molecule has 1 atom stereocenters. The van der Waals surface area contributed by atoms with Crippen molar-refractivity contribution in [3.63, 3.8) is 0 Å². The predicted molar refractivity (Wildman–Crippen MR) is 87.4 cm³/mol. The van der Waals surface area contributed by atoms with E-state index in [0.717, 1.165) is 38.8 Å². The monoisotopic (exact) mass is 340 g/mol. The second-order valence-corrected chi connectivity index (χ2v) is 6.82. The maximum absolute atomic E-state index is 6.58. The fourth-order valence-electron chi connectivity index (χ4n) is 2.44. The molecule has 2 aromatic rings. The van der Waals surface area contributed by atoms with Gasteiger partial charge >= 0.3 is 0 Å². The van der Waals surface area contributed by atoms with E-state index in [1.54, 1.807) is 26.0 Å². The summed E-state index contributed by atoms with van der Waals surface area (Å²) in [6.45, 7) is 0. The van der Waals surface area contributed by atoms with Gasteiger partial charge in [-0.05, 0) is 47.9 Å². The van der Waals surface area contributed by atoms with Gasteiger partial charge in [-0.3, -0.25) is 0 Å². The molecule has 0 amide bonds. The lowest BCUT2D eigenvalue weighted by molar-refractivity contribution is 0.353. The van der Waals surface area contributed by atoms with E-state index < -0.39 is 0 Å². The van der Waals surface area contributed by atoms with Crippen molar-refractivity contribution < 1.29 is 9.47 Å². The van der Waals surface area contributed by atoms with E-state index in [1.807, 2.05) is 30.3 Å². The maximum atomic E-state index is 6.58. The van der Waals surface area contributed by atoms with Crippen molar-refractivity contribution in [2.45, 2.75) is 21.6 Å². The zero-order valence-corrected chi connectivity index (χ0v) is 14.0. The third-order valence-corrected chi connectivity index (χ3v) is 5.31. The van der Waals surface area contributed by atoms with Crippen molar-refractivity contribution in [2.24, 2.45) is 0 Å². The van der Waals surface area contributed by atoms with Crippen LogP contribution in [0.15, 0.2) is 40.1 Å². The Morgan fingerprint density at radius 1 is 1.05 bits per heavy atom. The molecule has 5 heteroatoms. The van der Waals surface area contributed by atoms with Gasteiger partial charge < -0.3 is 9.47 Å². The van der Waals surface area contributed by atoms with Crippen molar-refractivity contribution in [3.05, 3.63) is 46.5 Å². The van der Waals surface area contributed by atoms with Crippen molar-refractivity contribution in [3.8, 4) is 11.5 Å². The van der Waals surface area contributed by atoms with E-state index in [-0.39, 0.29) is 5.38 Å². The first-order valence-electron chi connectivity index (χ1n) is 6.48. The summed E-state index contributed by atoms with van der Waals surface area (Å²) in [5.41, 5.74) is 2.23. The number of ether oxygens (including phenoxy) is 2. The lowest BCUT2D eigenvalue weighted by Gasteiger charge is -2.13. The molecule has 110 valence electrons. The van der Waals surface area contributed by atoms with Crippen LogP contribution in [0.5, 0.6) is 11.5 Å². The smallest absolute Gasteiger partial charge is 0.161 e. The third kappa shape index (κ3) is 2.83. The highest BCUT2D eigenvalue weighted by atomic mass is 35.5. The van der Waals surface area contributed by atoms with Gasteiger partial charge in [0, 0.05) is 14.8 Å². The Kier molecular flexibility index (Phi) is 4.25. The first-order chi connectivity index (χ1) is 10.1. The highest BCUT2D eigenvalue weighted by Crippen LogP contribution is 2.46. The normalized spacial score (nSPS) is 16.7. The van der Waals surface area contributed by atoms with Gasteiger partial charge in [-0.2, -0.15) is 0 Å². The van der Waals surface area contributed by atoms with Gasteiger partial charge in [0.25, 0.3) is 0 Å². The van der Waals surface area contributed by atoms with Crippen LogP contribution in [0.3, 0.4) is 0 Å². The van der Waals surface area contributed by atoms with Crippen LogP contribution < -0.4 is 9.47 Å². The van der Waals surface area contributed by atoms with Gasteiger partial charge in [-0.15, -0.1) is 11.6 Å². The molecule has 3 rings (SSSR count). The second-order valence-electron chi connectivity index (χ2n) is 4.77. The van der Waals surface area contributed by atoms with E-state index in [9.17, 15) is 0 Å². The molecule has 0 radical (unpaired) electrons. The zero-order valence-electron chi connectivity index (χ0n) is 11.7. The van der Waals surface area contributed by atoms with E-state index >= 15 is 0 Å². The fraction of sp³-hybridized carbons (Fsp3) is 0.250. The molecule has 0 bridgehead atoms. The lowest BCUT2D eigenvalue weighted by Crippen LogP contribution is -1.97. The molecule has 1 heterocycles. The fourth-order valence-corrected chi connectivity index (χ4v) is 4.16. The number of benzene rings is 2. The van der Waals surface area contributed by atoms with Crippen LogP contribution in [-0.2, 0) is 6.42 Å². The summed E-state index contributed by atoms with van der Waals surface area (Å²) in [6, 6.07) is 9.87. The molecular weight excluding hydrogens is 327 g/mol.